The van der Waals surface area contributed by atoms with Gasteiger partial charge in [0.25, 0.3) is 5.91 Å². The fourth-order valence-electron chi connectivity index (χ4n) is 2.73. The lowest BCUT2D eigenvalue weighted by atomic mass is 10.1. The summed E-state index contributed by atoms with van der Waals surface area (Å²) in [7, 11) is 0. The van der Waals surface area contributed by atoms with Gasteiger partial charge in [0.2, 0.25) is 0 Å². The zero-order valence-electron chi connectivity index (χ0n) is 15.6. The van der Waals surface area contributed by atoms with Crippen LogP contribution in [0.25, 0.3) is 0 Å². The monoisotopic (exact) mass is 385 g/mol. The topological polar surface area (TPSA) is 111 Å². The lowest BCUT2D eigenvalue weighted by Crippen LogP contribution is -2.48. The summed E-state index contributed by atoms with van der Waals surface area (Å²) in [5.41, 5.74) is 3.29. The molecule has 0 unspecified atom stereocenters. The lowest BCUT2D eigenvalue weighted by molar-refractivity contribution is -0.159. The van der Waals surface area contributed by atoms with Crippen LogP contribution in [0.4, 0.5) is 0 Å². The molecule has 148 valence electrons. The minimum Gasteiger partial charge on any atom is -0.473 e. The van der Waals surface area contributed by atoms with Crippen LogP contribution in [0.5, 0.6) is 0 Å². The Balaban J connectivity index is 0.000000409. The molecule has 1 aromatic carbocycles. The second-order valence-corrected chi connectivity index (χ2v) is 6.41. The summed E-state index contributed by atoms with van der Waals surface area (Å²) in [4.78, 5) is 38.9. The van der Waals surface area contributed by atoms with Gasteiger partial charge in [-0.15, -0.1) is 0 Å². The Morgan fingerprint density at radius 3 is 2.07 bits per heavy atom. The Bertz CT molecular complexity index is 788. The van der Waals surface area contributed by atoms with Crippen LogP contribution >= 0.6 is 0 Å². The normalized spacial score (nSPS) is 14.0. The molecule has 0 radical (unpaired) electrons. The van der Waals surface area contributed by atoms with E-state index in [9.17, 15) is 4.79 Å². The maximum Gasteiger partial charge on any atom is 0.414 e. The molecule has 2 N–H and O–H groups in total. The van der Waals surface area contributed by atoms with Gasteiger partial charge >= 0.3 is 11.9 Å². The van der Waals surface area contributed by atoms with Gasteiger partial charge in [-0.05, 0) is 24.6 Å². The maximum atomic E-state index is 12.4. The molecule has 1 aliphatic heterocycles. The molecular formula is C20H23N3O5. The molecule has 0 atom stereocenters. The summed E-state index contributed by atoms with van der Waals surface area (Å²) in [6, 6.07) is 12.3. The van der Waals surface area contributed by atoms with Crippen molar-refractivity contribution in [2.24, 2.45) is 0 Å². The first-order valence-corrected chi connectivity index (χ1v) is 8.80. The summed E-state index contributed by atoms with van der Waals surface area (Å²) in [5.74, 6) is -3.56. The maximum absolute atomic E-state index is 12.4. The van der Waals surface area contributed by atoms with E-state index in [1.54, 1.807) is 18.5 Å². The van der Waals surface area contributed by atoms with E-state index in [1.807, 2.05) is 11.0 Å². The number of piperazine rings is 1. The van der Waals surface area contributed by atoms with Crippen LogP contribution in [0.3, 0.4) is 0 Å². The number of benzene rings is 1. The van der Waals surface area contributed by atoms with E-state index in [0.29, 0.717) is 5.56 Å². The average Bonchev–Trinajstić information content (AvgIpc) is 2.71. The largest absolute Gasteiger partial charge is 0.473 e. The molecule has 1 aromatic heterocycles. The van der Waals surface area contributed by atoms with Crippen LogP contribution in [0.1, 0.15) is 21.5 Å². The number of carbonyl (C=O) groups excluding carboxylic acids is 1. The van der Waals surface area contributed by atoms with Gasteiger partial charge in [0, 0.05) is 45.1 Å². The molecule has 0 aliphatic carbocycles. The number of carboxylic acids is 2. The lowest BCUT2D eigenvalue weighted by Gasteiger charge is -2.34. The highest BCUT2D eigenvalue weighted by atomic mass is 16.4. The Morgan fingerprint density at radius 1 is 0.964 bits per heavy atom. The first-order valence-electron chi connectivity index (χ1n) is 8.80. The molecule has 8 nitrogen and oxygen atoms in total. The number of amides is 1. The molecular weight excluding hydrogens is 362 g/mol. The van der Waals surface area contributed by atoms with Crippen LogP contribution in [0, 0.1) is 6.92 Å². The third kappa shape index (κ3) is 6.48. The van der Waals surface area contributed by atoms with Crippen molar-refractivity contribution in [3.8, 4) is 0 Å². The van der Waals surface area contributed by atoms with E-state index in [-0.39, 0.29) is 5.91 Å². The van der Waals surface area contributed by atoms with Gasteiger partial charge in [0.15, 0.2) is 0 Å². The first-order chi connectivity index (χ1) is 13.4. The number of hydrogen-bond donors (Lipinski definition) is 2. The second-order valence-electron chi connectivity index (χ2n) is 6.41. The van der Waals surface area contributed by atoms with Gasteiger partial charge in [-0.3, -0.25) is 14.7 Å². The molecule has 28 heavy (non-hydrogen) atoms. The minimum absolute atomic E-state index is 0.0862. The molecule has 2 aromatic rings. The van der Waals surface area contributed by atoms with E-state index < -0.39 is 11.9 Å². The highest BCUT2D eigenvalue weighted by Gasteiger charge is 2.22. The predicted octanol–water partition coefficient (Wildman–Crippen LogP) is 1.50. The summed E-state index contributed by atoms with van der Waals surface area (Å²) in [6.07, 6.45) is 3.33. The van der Waals surface area contributed by atoms with E-state index in [2.05, 4.69) is 41.1 Å². The SMILES string of the molecule is Cc1ccc(CN2CCN(C(=O)c3cccnc3)CC2)cc1.O=C(O)C(=O)O. The van der Waals surface area contributed by atoms with Crippen LogP contribution in [-0.2, 0) is 16.1 Å². The molecule has 1 aliphatic rings. The number of aromatic nitrogens is 1. The van der Waals surface area contributed by atoms with Crippen molar-refractivity contribution < 1.29 is 24.6 Å². The highest BCUT2D eigenvalue weighted by molar-refractivity contribution is 6.27. The molecule has 1 fully saturated rings. The number of aryl methyl sites for hydroxylation is 1. The standard InChI is InChI=1S/C18H21N3O.C2H2O4/c1-15-4-6-16(7-5-15)14-20-9-11-21(12-10-20)18(22)17-3-2-8-19-13-17;3-1(4)2(5)6/h2-8,13H,9-12,14H2,1H3;(H,3,4)(H,5,6). The quantitative estimate of drug-likeness (QED) is 0.770. The number of nitrogens with zero attached hydrogens (tertiary/aromatic N) is 3. The number of carbonyl (C=O) groups is 3. The number of aliphatic carboxylic acids is 2. The molecule has 1 amide bonds. The number of rotatable bonds is 3. The molecule has 0 saturated carbocycles. The van der Waals surface area contributed by atoms with Crippen molar-refractivity contribution >= 4 is 17.8 Å². The minimum atomic E-state index is -1.82. The van der Waals surface area contributed by atoms with Crippen molar-refractivity contribution in [3.63, 3.8) is 0 Å². The van der Waals surface area contributed by atoms with Gasteiger partial charge < -0.3 is 15.1 Å². The number of hydrogen-bond acceptors (Lipinski definition) is 5. The summed E-state index contributed by atoms with van der Waals surface area (Å²) >= 11 is 0. The summed E-state index contributed by atoms with van der Waals surface area (Å²) < 4.78 is 0. The number of carboxylic acid groups (broad SMARTS) is 2. The Hall–Kier alpha value is -3.26. The van der Waals surface area contributed by atoms with Gasteiger partial charge in [-0.2, -0.15) is 0 Å². The Labute approximate surface area is 163 Å². The second kappa shape index (κ2) is 10.2. The fourth-order valence-corrected chi connectivity index (χ4v) is 2.73. The van der Waals surface area contributed by atoms with Gasteiger partial charge in [0.1, 0.15) is 0 Å². The van der Waals surface area contributed by atoms with Crippen molar-refractivity contribution in [2.75, 3.05) is 26.2 Å². The molecule has 8 heteroatoms. The van der Waals surface area contributed by atoms with Crippen LogP contribution in [-0.4, -0.2) is 69.0 Å². The highest BCUT2D eigenvalue weighted by Crippen LogP contribution is 2.12. The Kier molecular flexibility index (Phi) is 7.65. The Morgan fingerprint density at radius 2 is 1.57 bits per heavy atom. The molecule has 3 rings (SSSR count). The van der Waals surface area contributed by atoms with E-state index in [0.717, 1.165) is 32.7 Å². The van der Waals surface area contributed by atoms with Crippen molar-refractivity contribution in [3.05, 3.63) is 65.5 Å². The number of pyridine rings is 1. The molecule has 0 spiro atoms. The average molecular weight is 385 g/mol. The van der Waals surface area contributed by atoms with E-state index in [1.165, 1.54) is 11.1 Å². The zero-order chi connectivity index (χ0) is 20.5. The predicted molar refractivity (Wildman–Crippen MR) is 102 cm³/mol. The van der Waals surface area contributed by atoms with E-state index in [4.69, 9.17) is 19.8 Å². The molecule has 1 saturated heterocycles. The van der Waals surface area contributed by atoms with Crippen molar-refractivity contribution in [1.82, 2.24) is 14.8 Å². The van der Waals surface area contributed by atoms with Gasteiger partial charge in [-0.25, -0.2) is 9.59 Å². The first kappa shape index (κ1) is 21.0. The zero-order valence-corrected chi connectivity index (χ0v) is 15.6. The summed E-state index contributed by atoms with van der Waals surface area (Å²) in [5, 5.41) is 14.8. The third-order valence-corrected chi connectivity index (χ3v) is 4.28. The van der Waals surface area contributed by atoms with Gasteiger partial charge in [-0.1, -0.05) is 29.8 Å². The van der Waals surface area contributed by atoms with Crippen molar-refractivity contribution in [2.45, 2.75) is 13.5 Å². The third-order valence-electron chi connectivity index (χ3n) is 4.28. The molecule has 0 bridgehead atoms. The van der Waals surface area contributed by atoms with Crippen LogP contribution in [0.2, 0.25) is 0 Å². The molecule has 2 heterocycles. The van der Waals surface area contributed by atoms with Crippen LogP contribution < -0.4 is 0 Å². The smallest absolute Gasteiger partial charge is 0.414 e. The van der Waals surface area contributed by atoms with Gasteiger partial charge in [0.05, 0.1) is 5.56 Å². The summed E-state index contributed by atoms with van der Waals surface area (Å²) in [6.45, 7) is 6.45. The van der Waals surface area contributed by atoms with E-state index >= 15 is 0 Å². The van der Waals surface area contributed by atoms with Crippen molar-refractivity contribution in [1.29, 1.82) is 0 Å². The fraction of sp³-hybridized carbons (Fsp3) is 0.300. The van der Waals surface area contributed by atoms with Crippen LogP contribution in [0.15, 0.2) is 48.8 Å².